The largest absolute Gasteiger partial charge is 0.459 e. The molecule has 1 aliphatic rings. The molecular weight excluding hydrogens is 390 g/mol. The highest BCUT2D eigenvalue weighted by atomic mass is 32.2. The fraction of sp³-hybridized carbons (Fsp3) is 0.294. The highest BCUT2D eigenvalue weighted by Crippen LogP contribution is 2.33. The summed E-state index contributed by atoms with van der Waals surface area (Å²) < 4.78 is 38.0. The first kappa shape index (κ1) is 18.0. The van der Waals surface area contributed by atoms with Crippen LogP contribution in [0.5, 0.6) is 0 Å². The number of piperazine rings is 1. The Bertz CT molecular complexity index is 1040. The lowest BCUT2D eigenvalue weighted by molar-refractivity contribution is 0.0666. The molecular formula is C17H17N3O5S2. The lowest BCUT2D eigenvalue weighted by Crippen LogP contribution is -2.50. The van der Waals surface area contributed by atoms with Crippen LogP contribution in [-0.4, -0.2) is 54.7 Å². The van der Waals surface area contributed by atoms with Gasteiger partial charge < -0.3 is 13.7 Å². The van der Waals surface area contributed by atoms with Crippen molar-refractivity contribution in [2.45, 2.75) is 11.1 Å². The summed E-state index contributed by atoms with van der Waals surface area (Å²) in [5, 5.41) is 0. The molecule has 27 heavy (non-hydrogen) atoms. The second-order valence-electron chi connectivity index (χ2n) is 6.04. The first-order valence-electron chi connectivity index (χ1n) is 8.31. The summed E-state index contributed by atoms with van der Waals surface area (Å²) in [5.74, 6) is 1.11. The zero-order valence-corrected chi connectivity index (χ0v) is 16.1. The van der Waals surface area contributed by atoms with E-state index >= 15 is 0 Å². The minimum Gasteiger partial charge on any atom is -0.459 e. The van der Waals surface area contributed by atoms with E-state index in [1.54, 1.807) is 42.3 Å². The van der Waals surface area contributed by atoms with E-state index in [-0.39, 0.29) is 29.0 Å². The average Bonchev–Trinajstić information content (AvgIpc) is 3.42. The van der Waals surface area contributed by atoms with Gasteiger partial charge in [0.1, 0.15) is 4.21 Å². The van der Waals surface area contributed by atoms with Crippen molar-refractivity contribution in [1.29, 1.82) is 0 Å². The van der Waals surface area contributed by atoms with Crippen LogP contribution >= 0.6 is 11.3 Å². The maximum atomic E-state index is 12.9. The van der Waals surface area contributed by atoms with Crippen molar-refractivity contribution >= 4 is 27.3 Å². The monoisotopic (exact) mass is 407 g/mol. The molecule has 8 nitrogen and oxygen atoms in total. The zero-order valence-electron chi connectivity index (χ0n) is 14.5. The number of rotatable bonds is 4. The number of amides is 1. The fourth-order valence-corrected chi connectivity index (χ4v) is 5.71. The molecule has 0 saturated carbocycles. The summed E-state index contributed by atoms with van der Waals surface area (Å²) >= 11 is 1.15. The number of aromatic nitrogens is 1. The van der Waals surface area contributed by atoms with Crippen LogP contribution in [0, 0.1) is 6.92 Å². The second-order valence-corrected chi connectivity index (χ2v) is 9.28. The maximum Gasteiger partial charge on any atom is 0.289 e. The number of furan rings is 1. The Morgan fingerprint density at radius 2 is 1.96 bits per heavy atom. The van der Waals surface area contributed by atoms with Gasteiger partial charge in [-0.2, -0.15) is 4.31 Å². The van der Waals surface area contributed by atoms with Crippen LogP contribution in [0.3, 0.4) is 0 Å². The summed E-state index contributed by atoms with van der Waals surface area (Å²) in [4.78, 5) is 18.6. The highest BCUT2D eigenvalue weighted by molar-refractivity contribution is 7.91. The van der Waals surface area contributed by atoms with E-state index in [0.717, 1.165) is 11.3 Å². The summed E-state index contributed by atoms with van der Waals surface area (Å²) in [6.07, 6.45) is 3.02. The molecule has 1 amide bonds. The lowest BCUT2D eigenvalue weighted by Gasteiger charge is -2.33. The van der Waals surface area contributed by atoms with Crippen LogP contribution in [0.15, 0.2) is 49.8 Å². The Hall–Kier alpha value is -2.43. The van der Waals surface area contributed by atoms with Gasteiger partial charge in [-0.15, -0.1) is 11.3 Å². The van der Waals surface area contributed by atoms with Gasteiger partial charge in [-0.1, -0.05) is 0 Å². The Morgan fingerprint density at radius 1 is 1.19 bits per heavy atom. The minimum atomic E-state index is -3.62. The molecule has 1 aliphatic heterocycles. The SMILES string of the molecule is Cc1ncc(-c2ccc(S(=O)(=O)N3CCN(C(=O)c4ccco4)CC3)s2)o1. The van der Waals surface area contributed by atoms with Gasteiger partial charge in [0.05, 0.1) is 17.3 Å². The number of carbonyl (C=O) groups excluding carboxylic acids is 1. The standard InChI is InChI=1S/C17H17N3O5S2/c1-12-18-11-14(25-12)15-4-5-16(26-15)27(22,23)20-8-6-19(7-9-20)17(21)13-3-2-10-24-13/h2-5,10-11H,6-9H2,1H3. The fourth-order valence-electron chi connectivity index (χ4n) is 2.88. The maximum absolute atomic E-state index is 12.9. The molecule has 0 N–H and O–H groups in total. The smallest absolute Gasteiger partial charge is 0.289 e. The van der Waals surface area contributed by atoms with Crippen LogP contribution in [0.1, 0.15) is 16.4 Å². The summed E-state index contributed by atoms with van der Waals surface area (Å²) in [6.45, 7) is 2.85. The molecule has 3 aromatic heterocycles. The third kappa shape index (κ3) is 3.43. The summed E-state index contributed by atoms with van der Waals surface area (Å²) in [5.41, 5.74) is 0. The molecule has 0 atom stereocenters. The van der Waals surface area contributed by atoms with Crippen molar-refractivity contribution in [3.63, 3.8) is 0 Å². The first-order valence-corrected chi connectivity index (χ1v) is 10.6. The minimum absolute atomic E-state index is 0.226. The number of sulfonamides is 1. The van der Waals surface area contributed by atoms with E-state index in [1.807, 2.05) is 0 Å². The molecule has 1 saturated heterocycles. The van der Waals surface area contributed by atoms with Crippen molar-refractivity contribution in [3.8, 4) is 10.6 Å². The number of oxazole rings is 1. The van der Waals surface area contributed by atoms with E-state index in [0.29, 0.717) is 29.6 Å². The second kappa shape index (κ2) is 6.95. The van der Waals surface area contributed by atoms with E-state index in [2.05, 4.69) is 4.98 Å². The molecule has 1 fully saturated rings. The van der Waals surface area contributed by atoms with E-state index < -0.39 is 10.0 Å². The van der Waals surface area contributed by atoms with Gasteiger partial charge in [0.25, 0.3) is 15.9 Å². The molecule has 4 heterocycles. The van der Waals surface area contributed by atoms with Gasteiger partial charge >= 0.3 is 0 Å². The van der Waals surface area contributed by atoms with Crippen molar-refractivity contribution in [2.24, 2.45) is 0 Å². The number of aryl methyl sites for hydroxylation is 1. The zero-order chi connectivity index (χ0) is 19.0. The highest BCUT2D eigenvalue weighted by Gasteiger charge is 2.32. The Balaban J connectivity index is 1.46. The molecule has 0 spiro atoms. The van der Waals surface area contributed by atoms with E-state index in [9.17, 15) is 13.2 Å². The van der Waals surface area contributed by atoms with Crippen LogP contribution in [0.2, 0.25) is 0 Å². The number of nitrogens with zero attached hydrogens (tertiary/aromatic N) is 3. The molecule has 4 rings (SSSR count). The van der Waals surface area contributed by atoms with Crippen LogP contribution in [0.25, 0.3) is 10.6 Å². The Labute approximate surface area is 160 Å². The third-order valence-corrected chi connectivity index (χ3v) is 7.76. The molecule has 0 unspecified atom stereocenters. The first-order chi connectivity index (χ1) is 12.9. The number of carbonyl (C=O) groups is 1. The van der Waals surface area contributed by atoms with Gasteiger partial charge in [-0.3, -0.25) is 4.79 Å². The Morgan fingerprint density at radius 3 is 2.59 bits per heavy atom. The number of thiophene rings is 1. The van der Waals surface area contributed by atoms with Crippen molar-refractivity contribution in [1.82, 2.24) is 14.2 Å². The Kier molecular flexibility index (Phi) is 4.62. The molecule has 0 aromatic carbocycles. The van der Waals surface area contributed by atoms with E-state index in [4.69, 9.17) is 8.83 Å². The van der Waals surface area contributed by atoms with Crippen molar-refractivity contribution in [3.05, 3.63) is 48.4 Å². The third-order valence-electron chi connectivity index (χ3n) is 4.30. The van der Waals surface area contributed by atoms with Crippen molar-refractivity contribution in [2.75, 3.05) is 26.2 Å². The van der Waals surface area contributed by atoms with Gasteiger partial charge in [0, 0.05) is 33.1 Å². The van der Waals surface area contributed by atoms with Crippen molar-refractivity contribution < 1.29 is 22.0 Å². The van der Waals surface area contributed by atoms with Gasteiger partial charge in [0.15, 0.2) is 17.4 Å². The molecule has 3 aromatic rings. The van der Waals surface area contributed by atoms with E-state index in [1.165, 1.54) is 10.6 Å². The topological polar surface area (TPSA) is 96.9 Å². The van der Waals surface area contributed by atoms with Crippen LogP contribution in [0.4, 0.5) is 0 Å². The molecule has 142 valence electrons. The molecule has 0 aliphatic carbocycles. The molecule has 10 heteroatoms. The quantitative estimate of drug-likeness (QED) is 0.659. The van der Waals surface area contributed by atoms with Gasteiger partial charge in [-0.05, 0) is 24.3 Å². The van der Waals surface area contributed by atoms with Gasteiger partial charge in [0.2, 0.25) is 0 Å². The summed E-state index contributed by atoms with van der Waals surface area (Å²) in [6, 6.07) is 6.55. The average molecular weight is 407 g/mol. The van der Waals surface area contributed by atoms with Crippen LogP contribution in [-0.2, 0) is 10.0 Å². The number of hydrogen-bond acceptors (Lipinski definition) is 7. The molecule has 0 bridgehead atoms. The van der Waals surface area contributed by atoms with Crippen LogP contribution < -0.4 is 0 Å². The predicted molar refractivity (Wildman–Crippen MR) is 97.9 cm³/mol. The summed E-state index contributed by atoms with van der Waals surface area (Å²) in [7, 11) is -3.62. The molecule has 0 radical (unpaired) electrons. The predicted octanol–water partition coefficient (Wildman–Crippen LogP) is 2.45. The lowest BCUT2D eigenvalue weighted by atomic mass is 10.3. The number of hydrogen-bond donors (Lipinski definition) is 0. The normalized spacial score (nSPS) is 16.0. The van der Waals surface area contributed by atoms with Gasteiger partial charge in [-0.25, -0.2) is 13.4 Å².